The molecule has 1 N–H and O–H groups in total. The topological polar surface area (TPSA) is 73.4 Å². The third-order valence-electron chi connectivity index (χ3n) is 3.85. The number of carbonyl (C=O) groups excluding carboxylic acids is 1. The highest BCUT2D eigenvalue weighted by molar-refractivity contribution is 6.13. The quantitative estimate of drug-likeness (QED) is 0.689. The molecule has 25 heavy (non-hydrogen) atoms. The average molecular weight is 342 g/mol. The maximum Gasteiger partial charge on any atom is 0.357 e. The molecule has 3 rings (SSSR count). The van der Waals surface area contributed by atoms with Crippen molar-refractivity contribution in [2.24, 2.45) is 0 Å². The molecule has 2 heterocycles. The first-order valence-electron chi connectivity index (χ1n) is 8.31. The number of aromatic nitrogens is 2. The standard InChI is InChI=1S/C19H22N2O4/c1-5-24-19(22)18-12(10-23-4)16-14(9-20-18)21-13-7-6-8-15(17(13)16)25-11(2)3/h6-9,11,21H,5,10H2,1-4H3. The molecule has 0 bridgehead atoms. The number of hydrogen-bond donors (Lipinski definition) is 1. The van der Waals surface area contributed by atoms with Crippen LogP contribution in [0.25, 0.3) is 21.8 Å². The number of pyridine rings is 1. The Balaban J connectivity index is 2.34. The molecule has 0 atom stereocenters. The van der Waals surface area contributed by atoms with Crippen molar-refractivity contribution in [3.8, 4) is 5.75 Å². The second-order valence-corrected chi connectivity index (χ2v) is 6.00. The third-order valence-corrected chi connectivity index (χ3v) is 3.85. The van der Waals surface area contributed by atoms with Crippen LogP contribution in [0, 0.1) is 0 Å². The molecule has 0 saturated heterocycles. The number of aromatic amines is 1. The molecular formula is C19H22N2O4. The number of hydrogen-bond acceptors (Lipinski definition) is 5. The van der Waals surface area contributed by atoms with Crippen LogP contribution < -0.4 is 4.74 Å². The fourth-order valence-electron chi connectivity index (χ4n) is 2.98. The number of ether oxygens (including phenoxy) is 3. The summed E-state index contributed by atoms with van der Waals surface area (Å²) in [5, 5.41) is 1.80. The van der Waals surface area contributed by atoms with Gasteiger partial charge in [-0.2, -0.15) is 0 Å². The van der Waals surface area contributed by atoms with Gasteiger partial charge < -0.3 is 19.2 Å². The van der Waals surface area contributed by atoms with Crippen molar-refractivity contribution in [1.29, 1.82) is 0 Å². The zero-order valence-corrected chi connectivity index (χ0v) is 14.9. The van der Waals surface area contributed by atoms with Crippen LogP contribution in [-0.2, 0) is 16.1 Å². The summed E-state index contributed by atoms with van der Waals surface area (Å²) in [5.74, 6) is 0.310. The number of rotatable bonds is 6. The number of nitrogens with one attached hydrogen (secondary N) is 1. The van der Waals surface area contributed by atoms with Crippen molar-refractivity contribution >= 4 is 27.8 Å². The van der Waals surface area contributed by atoms with Crippen LogP contribution in [0.15, 0.2) is 24.4 Å². The predicted octanol–water partition coefficient (Wildman–Crippen LogP) is 3.83. The van der Waals surface area contributed by atoms with Gasteiger partial charge in [0.05, 0.1) is 36.5 Å². The fraction of sp³-hybridized carbons (Fsp3) is 0.368. The van der Waals surface area contributed by atoms with Gasteiger partial charge in [-0.1, -0.05) is 6.07 Å². The number of fused-ring (bicyclic) bond motifs is 3. The van der Waals surface area contributed by atoms with E-state index >= 15 is 0 Å². The second kappa shape index (κ2) is 7.11. The minimum absolute atomic E-state index is 0.0350. The normalized spacial score (nSPS) is 11.4. The van der Waals surface area contributed by atoms with Crippen LogP contribution in [0.4, 0.5) is 0 Å². The summed E-state index contributed by atoms with van der Waals surface area (Å²) in [6, 6.07) is 5.84. The maximum absolute atomic E-state index is 12.3. The van der Waals surface area contributed by atoms with Gasteiger partial charge in [0, 0.05) is 23.4 Å². The van der Waals surface area contributed by atoms with E-state index in [1.165, 1.54) is 0 Å². The lowest BCUT2D eigenvalue weighted by atomic mass is 10.0. The molecule has 6 heteroatoms. The highest BCUT2D eigenvalue weighted by Crippen LogP contribution is 2.36. The second-order valence-electron chi connectivity index (χ2n) is 6.00. The van der Waals surface area contributed by atoms with Crippen LogP contribution in [0.5, 0.6) is 5.75 Å². The number of benzene rings is 1. The molecule has 132 valence electrons. The van der Waals surface area contributed by atoms with Crippen molar-refractivity contribution in [1.82, 2.24) is 9.97 Å². The first kappa shape index (κ1) is 17.2. The summed E-state index contributed by atoms with van der Waals surface area (Å²) in [6.45, 7) is 6.28. The minimum atomic E-state index is -0.451. The Morgan fingerprint density at radius 2 is 2.04 bits per heavy atom. The van der Waals surface area contributed by atoms with Crippen molar-refractivity contribution in [2.75, 3.05) is 13.7 Å². The minimum Gasteiger partial charge on any atom is -0.490 e. The lowest BCUT2D eigenvalue weighted by molar-refractivity contribution is 0.0514. The van der Waals surface area contributed by atoms with E-state index in [4.69, 9.17) is 14.2 Å². The van der Waals surface area contributed by atoms with E-state index in [0.717, 1.165) is 27.6 Å². The highest BCUT2D eigenvalue weighted by atomic mass is 16.5. The Hall–Kier alpha value is -2.60. The molecule has 0 spiro atoms. The summed E-state index contributed by atoms with van der Waals surface area (Å²) < 4.78 is 16.5. The number of carbonyl (C=O) groups is 1. The Labute approximate surface area is 146 Å². The van der Waals surface area contributed by atoms with Gasteiger partial charge in [-0.05, 0) is 32.9 Å². The molecule has 0 aliphatic carbocycles. The number of H-pyrrole nitrogens is 1. The maximum atomic E-state index is 12.3. The van der Waals surface area contributed by atoms with E-state index in [0.29, 0.717) is 12.2 Å². The Morgan fingerprint density at radius 1 is 1.24 bits per heavy atom. The van der Waals surface area contributed by atoms with Crippen LogP contribution in [0.3, 0.4) is 0 Å². The summed E-state index contributed by atoms with van der Waals surface area (Å²) in [5.41, 5.74) is 2.73. The predicted molar refractivity (Wildman–Crippen MR) is 96.0 cm³/mol. The zero-order valence-electron chi connectivity index (χ0n) is 14.9. The molecule has 0 aliphatic heterocycles. The fourth-order valence-corrected chi connectivity index (χ4v) is 2.98. The van der Waals surface area contributed by atoms with Gasteiger partial charge >= 0.3 is 5.97 Å². The number of esters is 1. The van der Waals surface area contributed by atoms with Crippen LogP contribution in [0.1, 0.15) is 36.8 Å². The smallest absolute Gasteiger partial charge is 0.357 e. The Morgan fingerprint density at radius 3 is 2.72 bits per heavy atom. The van der Waals surface area contributed by atoms with E-state index in [2.05, 4.69) is 9.97 Å². The first-order chi connectivity index (χ1) is 12.1. The van der Waals surface area contributed by atoms with E-state index in [1.807, 2.05) is 32.0 Å². The van der Waals surface area contributed by atoms with Gasteiger partial charge in [-0.3, -0.25) is 0 Å². The molecule has 0 amide bonds. The highest BCUT2D eigenvalue weighted by Gasteiger charge is 2.22. The van der Waals surface area contributed by atoms with Crippen molar-refractivity contribution in [3.05, 3.63) is 35.7 Å². The van der Waals surface area contributed by atoms with Crippen molar-refractivity contribution in [2.45, 2.75) is 33.5 Å². The van der Waals surface area contributed by atoms with Gasteiger partial charge in [0.25, 0.3) is 0 Å². The third kappa shape index (κ3) is 3.17. The molecule has 0 radical (unpaired) electrons. The molecular weight excluding hydrogens is 320 g/mol. The lowest BCUT2D eigenvalue weighted by Gasteiger charge is -2.13. The van der Waals surface area contributed by atoms with E-state index in [1.54, 1.807) is 20.2 Å². The SMILES string of the molecule is CCOC(=O)c1ncc2[nH]c3cccc(OC(C)C)c3c2c1COC. The van der Waals surface area contributed by atoms with Crippen LogP contribution in [-0.4, -0.2) is 35.8 Å². The van der Waals surface area contributed by atoms with Gasteiger partial charge in [-0.15, -0.1) is 0 Å². The van der Waals surface area contributed by atoms with Crippen LogP contribution >= 0.6 is 0 Å². The number of methoxy groups -OCH3 is 1. The Kier molecular flexibility index (Phi) is 4.90. The van der Waals surface area contributed by atoms with E-state index < -0.39 is 5.97 Å². The lowest BCUT2D eigenvalue weighted by Crippen LogP contribution is -2.11. The molecule has 3 aromatic rings. The summed E-state index contributed by atoms with van der Waals surface area (Å²) >= 11 is 0. The first-order valence-corrected chi connectivity index (χ1v) is 8.31. The number of nitrogens with zero attached hydrogens (tertiary/aromatic N) is 1. The van der Waals surface area contributed by atoms with Gasteiger partial charge in [-0.25, -0.2) is 9.78 Å². The van der Waals surface area contributed by atoms with Gasteiger partial charge in [0.15, 0.2) is 5.69 Å². The van der Waals surface area contributed by atoms with Gasteiger partial charge in [0.1, 0.15) is 5.75 Å². The van der Waals surface area contributed by atoms with Crippen molar-refractivity contribution < 1.29 is 19.0 Å². The van der Waals surface area contributed by atoms with E-state index in [-0.39, 0.29) is 18.4 Å². The molecule has 1 aromatic carbocycles. The molecule has 0 fully saturated rings. The van der Waals surface area contributed by atoms with Crippen LogP contribution in [0.2, 0.25) is 0 Å². The van der Waals surface area contributed by atoms with E-state index in [9.17, 15) is 4.79 Å². The largest absolute Gasteiger partial charge is 0.490 e. The van der Waals surface area contributed by atoms with Crippen molar-refractivity contribution in [3.63, 3.8) is 0 Å². The summed E-state index contributed by atoms with van der Waals surface area (Å²) in [4.78, 5) is 20.0. The summed E-state index contributed by atoms with van der Waals surface area (Å²) in [6.07, 6.45) is 1.69. The molecule has 0 aliphatic rings. The molecule has 6 nitrogen and oxygen atoms in total. The van der Waals surface area contributed by atoms with Gasteiger partial charge in [0.2, 0.25) is 0 Å². The molecule has 0 unspecified atom stereocenters. The summed E-state index contributed by atoms with van der Waals surface area (Å²) in [7, 11) is 1.59. The molecule has 0 saturated carbocycles. The average Bonchev–Trinajstić information content (AvgIpc) is 2.95. The zero-order chi connectivity index (χ0) is 18.0. The monoisotopic (exact) mass is 342 g/mol. The molecule has 2 aromatic heterocycles. The Bertz CT molecular complexity index is 915.